The minimum Gasteiger partial charge on any atom is -0.481 e. The fourth-order valence-electron chi connectivity index (χ4n) is 3.23. The Morgan fingerprint density at radius 3 is 2.37 bits per heavy atom. The van der Waals surface area contributed by atoms with Crippen molar-refractivity contribution in [1.82, 2.24) is 19.9 Å². The second-order valence-electron chi connectivity index (χ2n) is 6.74. The van der Waals surface area contributed by atoms with E-state index < -0.39 is 5.91 Å². The first-order chi connectivity index (χ1) is 14.5. The molecule has 30 heavy (non-hydrogen) atoms. The molecule has 1 aliphatic rings. The van der Waals surface area contributed by atoms with Crippen molar-refractivity contribution in [1.29, 1.82) is 0 Å². The molecule has 9 nitrogen and oxygen atoms in total. The van der Waals surface area contributed by atoms with Gasteiger partial charge in [-0.2, -0.15) is 4.98 Å². The van der Waals surface area contributed by atoms with Gasteiger partial charge >= 0.3 is 0 Å². The van der Waals surface area contributed by atoms with Crippen LogP contribution in [0.25, 0.3) is 0 Å². The van der Waals surface area contributed by atoms with Crippen molar-refractivity contribution >= 4 is 17.7 Å². The smallest absolute Gasteiger partial charge is 0.277 e. The molecule has 0 bridgehead atoms. The largest absolute Gasteiger partial charge is 0.481 e. The lowest BCUT2D eigenvalue weighted by atomic mass is 10.2. The molecule has 0 N–H and O–H groups in total. The second kappa shape index (κ2) is 9.25. The third-order valence-electron chi connectivity index (χ3n) is 4.76. The first-order valence-electron chi connectivity index (χ1n) is 9.48. The number of hydrogen-bond acceptors (Lipinski definition) is 6. The molecule has 0 saturated carbocycles. The van der Waals surface area contributed by atoms with Crippen LogP contribution in [0.4, 0.5) is 0 Å². The van der Waals surface area contributed by atoms with Gasteiger partial charge in [-0.3, -0.25) is 14.4 Å². The van der Waals surface area contributed by atoms with Crippen LogP contribution in [-0.4, -0.2) is 78.5 Å². The molecule has 3 amide bonds. The monoisotopic (exact) mass is 412 g/mol. The van der Waals surface area contributed by atoms with Gasteiger partial charge in [-0.1, -0.05) is 18.2 Å². The minimum absolute atomic E-state index is 0.120. The molecule has 9 heteroatoms. The number of amides is 3. The standard InChI is InChI=1S/C21H24N4O5/c1-23(20(27)15-8-5-4-6-9-15)14-18(26)24-12-7-13-25(24)21(28)16-10-11-17(29-2)22-19(16)30-3/h4-6,8-11H,7,12-14H2,1-3H3. The lowest BCUT2D eigenvalue weighted by Crippen LogP contribution is -2.49. The zero-order valence-electron chi connectivity index (χ0n) is 17.2. The Balaban J connectivity index is 1.73. The van der Waals surface area contributed by atoms with E-state index in [-0.39, 0.29) is 29.8 Å². The van der Waals surface area contributed by atoms with Gasteiger partial charge in [0.05, 0.1) is 14.2 Å². The summed E-state index contributed by atoms with van der Waals surface area (Å²) in [6.45, 7) is 0.634. The summed E-state index contributed by atoms with van der Waals surface area (Å²) in [5.41, 5.74) is 0.725. The SMILES string of the molecule is COc1ccc(C(=O)N2CCCN2C(=O)CN(C)C(=O)c2ccccc2)c(OC)n1. The molecule has 1 aromatic carbocycles. The summed E-state index contributed by atoms with van der Waals surface area (Å²) in [5, 5.41) is 2.75. The number of likely N-dealkylation sites (N-methyl/N-ethyl adjacent to an activating group) is 1. The second-order valence-corrected chi connectivity index (χ2v) is 6.74. The first-order valence-corrected chi connectivity index (χ1v) is 9.48. The van der Waals surface area contributed by atoms with Crippen LogP contribution >= 0.6 is 0 Å². The molecule has 0 atom stereocenters. The highest BCUT2D eigenvalue weighted by molar-refractivity contribution is 5.99. The molecule has 1 saturated heterocycles. The third kappa shape index (κ3) is 4.35. The van der Waals surface area contributed by atoms with Gasteiger partial charge in [-0.25, -0.2) is 10.0 Å². The van der Waals surface area contributed by atoms with E-state index >= 15 is 0 Å². The molecule has 1 fully saturated rings. The summed E-state index contributed by atoms with van der Waals surface area (Å²) >= 11 is 0. The zero-order valence-corrected chi connectivity index (χ0v) is 17.2. The van der Waals surface area contributed by atoms with Gasteiger partial charge < -0.3 is 14.4 Å². The molecular weight excluding hydrogens is 388 g/mol. The average molecular weight is 412 g/mol. The Hall–Kier alpha value is -3.62. The van der Waals surface area contributed by atoms with Gasteiger partial charge in [-0.05, 0) is 24.6 Å². The summed E-state index contributed by atoms with van der Waals surface area (Å²) in [7, 11) is 4.44. The highest BCUT2D eigenvalue weighted by atomic mass is 16.5. The minimum atomic E-state index is -0.398. The van der Waals surface area contributed by atoms with E-state index in [1.165, 1.54) is 29.1 Å². The molecule has 0 unspecified atom stereocenters. The number of carbonyl (C=O) groups excluding carboxylic acids is 3. The van der Waals surface area contributed by atoms with Gasteiger partial charge in [-0.15, -0.1) is 0 Å². The average Bonchev–Trinajstić information content (AvgIpc) is 3.28. The Kier molecular flexibility index (Phi) is 6.51. The van der Waals surface area contributed by atoms with Crippen molar-refractivity contribution in [3.8, 4) is 11.8 Å². The predicted octanol–water partition coefficient (Wildman–Crippen LogP) is 1.46. The van der Waals surface area contributed by atoms with Crippen LogP contribution in [0.3, 0.4) is 0 Å². The van der Waals surface area contributed by atoms with Gasteiger partial charge in [0.2, 0.25) is 11.8 Å². The Bertz CT molecular complexity index is 934. The van der Waals surface area contributed by atoms with Crippen molar-refractivity contribution in [2.75, 3.05) is 40.9 Å². The van der Waals surface area contributed by atoms with Crippen LogP contribution in [0.5, 0.6) is 11.8 Å². The van der Waals surface area contributed by atoms with Crippen LogP contribution in [0, 0.1) is 0 Å². The van der Waals surface area contributed by atoms with Crippen molar-refractivity contribution in [2.45, 2.75) is 6.42 Å². The number of carbonyl (C=O) groups is 3. The number of ether oxygens (including phenoxy) is 2. The third-order valence-corrected chi connectivity index (χ3v) is 4.76. The fourth-order valence-corrected chi connectivity index (χ4v) is 3.23. The number of hydrogen-bond donors (Lipinski definition) is 0. The van der Waals surface area contributed by atoms with Gasteiger partial charge in [0.25, 0.3) is 17.7 Å². The number of benzene rings is 1. The summed E-state index contributed by atoms with van der Waals surface area (Å²) in [5.74, 6) is -0.561. The number of nitrogens with zero attached hydrogens (tertiary/aromatic N) is 4. The van der Waals surface area contributed by atoms with E-state index in [9.17, 15) is 14.4 Å². The fraction of sp³-hybridized carbons (Fsp3) is 0.333. The first kappa shape index (κ1) is 21.1. The van der Waals surface area contributed by atoms with E-state index in [0.29, 0.717) is 31.0 Å². The summed E-state index contributed by atoms with van der Waals surface area (Å²) in [4.78, 5) is 43.9. The molecule has 1 aromatic heterocycles. The van der Waals surface area contributed by atoms with Gasteiger partial charge in [0, 0.05) is 31.8 Å². The zero-order chi connectivity index (χ0) is 21.7. The topological polar surface area (TPSA) is 92.3 Å². The van der Waals surface area contributed by atoms with Crippen molar-refractivity contribution < 1.29 is 23.9 Å². The van der Waals surface area contributed by atoms with Crippen molar-refractivity contribution in [2.24, 2.45) is 0 Å². The van der Waals surface area contributed by atoms with Crippen molar-refractivity contribution in [3.05, 3.63) is 53.6 Å². The molecule has 1 aliphatic heterocycles. The molecule has 158 valence electrons. The van der Waals surface area contributed by atoms with E-state index in [1.807, 2.05) is 6.07 Å². The highest BCUT2D eigenvalue weighted by Gasteiger charge is 2.33. The Labute approximate surface area is 174 Å². The van der Waals surface area contributed by atoms with Gasteiger partial charge in [0.1, 0.15) is 12.1 Å². The summed E-state index contributed by atoms with van der Waals surface area (Å²) in [6.07, 6.45) is 0.639. The normalized spacial score (nSPS) is 13.2. The van der Waals surface area contributed by atoms with E-state index in [4.69, 9.17) is 9.47 Å². The summed E-state index contributed by atoms with van der Waals surface area (Å²) < 4.78 is 10.3. The number of aromatic nitrogens is 1. The molecule has 2 aromatic rings. The van der Waals surface area contributed by atoms with E-state index in [0.717, 1.165) is 0 Å². The molecule has 0 aliphatic carbocycles. The molecular formula is C21H24N4O5. The van der Waals surface area contributed by atoms with Crippen LogP contribution in [0.1, 0.15) is 27.1 Å². The summed E-state index contributed by atoms with van der Waals surface area (Å²) in [6, 6.07) is 11.8. The quantitative estimate of drug-likeness (QED) is 0.713. The Morgan fingerprint density at radius 2 is 1.70 bits per heavy atom. The number of pyridine rings is 1. The van der Waals surface area contributed by atoms with Crippen LogP contribution in [0.15, 0.2) is 42.5 Å². The maximum absolute atomic E-state index is 13.1. The number of rotatable bonds is 6. The maximum Gasteiger partial charge on any atom is 0.277 e. The Morgan fingerprint density at radius 1 is 1.00 bits per heavy atom. The number of methoxy groups -OCH3 is 2. The van der Waals surface area contributed by atoms with Crippen LogP contribution in [0.2, 0.25) is 0 Å². The lowest BCUT2D eigenvalue weighted by molar-refractivity contribution is -0.141. The predicted molar refractivity (Wildman–Crippen MR) is 108 cm³/mol. The molecule has 3 rings (SSSR count). The highest BCUT2D eigenvalue weighted by Crippen LogP contribution is 2.24. The van der Waals surface area contributed by atoms with Crippen LogP contribution in [-0.2, 0) is 4.79 Å². The van der Waals surface area contributed by atoms with Gasteiger partial charge in [0.15, 0.2) is 0 Å². The lowest BCUT2D eigenvalue weighted by Gasteiger charge is -2.29. The molecule has 2 heterocycles. The van der Waals surface area contributed by atoms with Crippen LogP contribution < -0.4 is 9.47 Å². The van der Waals surface area contributed by atoms with Crippen molar-refractivity contribution in [3.63, 3.8) is 0 Å². The maximum atomic E-state index is 13.1. The molecule has 0 spiro atoms. The van der Waals surface area contributed by atoms with E-state index in [2.05, 4.69) is 4.98 Å². The molecule has 0 radical (unpaired) electrons. The number of hydrazine groups is 1. The van der Waals surface area contributed by atoms with E-state index in [1.54, 1.807) is 43.4 Å².